The minimum Gasteiger partial charge on any atom is -0.370 e. The molecule has 1 aliphatic heterocycles. The lowest BCUT2D eigenvalue weighted by atomic mass is 10.0. The third kappa shape index (κ3) is 4.08. The predicted octanol–water partition coefficient (Wildman–Crippen LogP) is 2.52. The molecule has 1 aliphatic rings. The van der Waals surface area contributed by atoms with Crippen LogP contribution in [0.1, 0.15) is 24.2 Å². The molecule has 1 atom stereocenters. The molecule has 4 nitrogen and oxygen atoms in total. The van der Waals surface area contributed by atoms with Gasteiger partial charge < -0.3 is 15.0 Å². The summed E-state index contributed by atoms with van der Waals surface area (Å²) >= 11 is 0. The molecule has 1 fully saturated rings. The summed E-state index contributed by atoms with van der Waals surface area (Å²) < 4.78 is 5.96. The molecule has 4 heteroatoms. The Labute approximate surface area is 127 Å². The summed E-state index contributed by atoms with van der Waals surface area (Å²) in [6.45, 7) is 11.9. The summed E-state index contributed by atoms with van der Waals surface area (Å²) in [5, 5.41) is 3.35. The Hall–Kier alpha value is -1.81. The van der Waals surface area contributed by atoms with E-state index in [1.807, 2.05) is 6.08 Å². The van der Waals surface area contributed by atoms with Crippen molar-refractivity contribution in [3.63, 3.8) is 0 Å². The van der Waals surface area contributed by atoms with E-state index in [0.29, 0.717) is 6.54 Å². The molecule has 1 heterocycles. The van der Waals surface area contributed by atoms with Crippen LogP contribution in [0.5, 0.6) is 0 Å². The number of aryl methyl sites for hydroxylation is 1. The maximum atomic E-state index is 5.96. The van der Waals surface area contributed by atoms with Gasteiger partial charge >= 0.3 is 0 Å². The van der Waals surface area contributed by atoms with E-state index in [9.17, 15) is 0 Å². The number of nitrogens with one attached hydrogen (secondary N) is 1. The van der Waals surface area contributed by atoms with Crippen molar-refractivity contribution in [1.29, 1.82) is 0 Å². The van der Waals surface area contributed by atoms with Crippen LogP contribution in [0, 0.1) is 6.92 Å². The van der Waals surface area contributed by atoms with Crippen LogP contribution in [0.15, 0.2) is 41.9 Å². The fourth-order valence-electron chi connectivity index (χ4n) is 2.55. The highest BCUT2D eigenvalue weighted by atomic mass is 16.5. The van der Waals surface area contributed by atoms with Gasteiger partial charge in [0.15, 0.2) is 5.96 Å². The number of nitrogens with zero attached hydrogens (tertiary/aromatic N) is 2. The fraction of sp³-hybridized carbons (Fsp3) is 0.471. The minimum absolute atomic E-state index is 0.104. The molecule has 0 saturated carbocycles. The zero-order chi connectivity index (χ0) is 15.1. The Morgan fingerprint density at radius 3 is 3.05 bits per heavy atom. The van der Waals surface area contributed by atoms with E-state index in [4.69, 9.17) is 4.74 Å². The summed E-state index contributed by atoms with van der Waals surface area (Å²) in [6, 6.07) is 8.42. The lowest BCUT2D eigenvalue weighted by Gasteiger charge is -2.35. The average Bonchev–Trinajstić information content (AvgIpc) is 2.52. The Bertz CT molecular complexity index is 499. The first-order chi connectivity index (χ1) is 10.3. The number of benzene rings is 1. The van der Waals surface area contributed by atoms with Gasteiger partial charge in [0.2, 0.25) is 0 Å². The first-order valence-corrected chi connectivity index (χ1v) is 7.57. The Morgan fingerprint density at radius 1 is 1.52 bits per heavy atom. The molecule has 0 aromatic heterocycles. The predicted molar refractivity (Wildman–Crippen MR) is 87.6 cm³/mol. The number of hydrogen-bond acceptors (Lipinski definition) is 2. The van der Waals surface area contributed by atoms with E-state index in [0.717, 1.165) is 32.2 Å². The van der Waals surface area contributed by atoms with Crippen molar-refractivity contribution in [3.8, 4) is 0 Å². The van der Waals surface area contributed by atoms with Crippen molar-refractivity contribution in [2.24, 2.45) is 4.99 Å². The van der Waals surface area contributed by atoms with Gasteiger partial charge in [-0.1, -0.05) is 30.3 Å². The molecule has 21 heavy (non-hydrogen) atoms. The highest BCUT2D eigenvalue weighted by Crippen LogP contribution is 2.24. The molecule has 1 N–H and O–H groups in total. The first kappa shape index (κ1) is 15.6. The summed E-state index contributed by atoms with van der Waals surface area (Å²) in [5.41, 5.74) is 2.54. The van der Waals surface area contributed by atoms with E-state index in [2.05, 4.69) is 59.9 Å². The number of guanidine groups is 1. The van der Waals surface area contributed by atoms with Crippen molar-refractivity contribution in [3.05, 3.63) is 48.0 Å². The third-order valence-corrected chi connectivity index (χ3v) is 3.61. The second-order valence-electron chi connectivity index (χ2n) is 5.15. The van der Waals surface area contributed by atoms with Crippen LogP contribution in [0.3, 0.4) is 0 Å². The van der Waals surface area contributed by atoms with Crippen LogP contribution in [0.2, 0.25) is 0 Å². The molecule has 0 spiro atoms. The van der Waals surface area contributed by atoms with Crippen molar-refractivity contribution >= 4 is 5.96 Å². The Balaban J connectivity index is 2.12. The zero-order valence-electron chi connectivity index (χ0n) is 13.0. The van der Waals surface area contributed by atoms with Gasteiger partial charge in [0.25, 0.3) is 0 Å². The number of hydrogen-bond donors (Lipinski definition) is 1. The lowest BCUT2D eigenvalue weighted by molar-refractivity contribution is -0.00830. The number of morpholine rings is 1. The largest absolute Gasteiger partial charge is 0.370 e. The van der Waals surface area contributed by atoms with Gasteiger partial charge in [-0.2, -0.15) is 0 Å². The van der Waals surface area contributed by atoms with Gasteiger partial charge in [-0.05, 0) is 25.0 Å². The molecule has 0 amide bonds. The van der Waals surface area contributed by atoms with Crippen molar-refractivity contribution in [2.45, 2.75) is 20.0 Å². The maximum absolute atomic E-state index is 5.96. The normalized spacial score (nSPS) is 19.4. The molecule has 114 valence electrons. The second kappa shape index (κ2) is 7.84. The molecule has 1 saturated heterocycles. The molecule has 1 unspecified atom stereocenters. The molecular formula is C17H25N3O. The standard InChI is InChI=1S/C17H25N3O/c1-4-10-19-17(18-5-2)20-11-12-21-16(13-20)15-9-7-6-8-14(15)3/h4,6-9,16H,1,5,10-13H2,2-3H3,(H,18,19). The summed E-state index contributed by atoms with van der Waals surface area (Å²) in [5.74, 6) is 0.944. The SMILES string of the molecule is C=CCN=C(NCC)N1CCOC(c2ccccc2C)C1. The van der Waals surface area contributed by atoms with Gasteiger partial charge in [0, 0.05) is 13.1 Å². The van der Waals surface area contributed by atoms with Crippen LogP contribution >= 0.6 is 0 Å². The molecule has 0 bridgehead atoms. The van der Waals surface area contributed by atoms with Crippen LogP contribution in [-0.2, 0) is 4.74 Å². The van der Waals surface area contributed by atoms with E-state index in [1.54, 1.807) is 0 Å². The lowest BCUT2D eigenvalue weighted by Crippen LogP contribution is -2.48. The van der Waals surface area contributed by atoms with E-state index in [-0.39, 0.29) is 6.10 Å². The van der Waals surface area contributed by atoms with Crippen LogP contribution in [0.25, 0.3) is 0 Å². The van der Waals surface area contributed by atoms with E-state index < -0.39 is 0 Å². The third-order valence-electron chi connectivity index (χ3n) is 3.61. The molecule has 1 aromatic rings. The van der Waals surface area contributed by atoms with Gasteiger partial charge in [0.05, 0.1) is 19.7 Å². The number of ether oxygens (including phenoxy) is 1. The summed E-state index contributed by atoms with van der Waals surface area (Å²) in [6.07, 6.45) is 1.92. The Morgan fingerprint density at radius 2 is 2.33 bits per heavy atom. The molecular weight excluding hydrogens is 262 g/mol. The van der Waals surface area contributed by atoms with Gasteiger partial charge in [-0.15, -0.1) is 6.58 Å². The van der Waals surface area contributed by atoms with E-state index >= 15 is 0 Å². The Kier molecular flexibility index (Phi) is 5.81. The highest BCUT2D eigenvalue weighted by Gasteiger charge is 2.24. The van der Waals surface area contributed by atoms with E-state index in [1.165, 1.54) is 11.1 Å². The average molecular weight is 287 g/mol. The van der Waals surface area contributed by atoms with Crippen molar-refractivity contribution < 1.29 is 4.74 Å². The van der Waals surface area contributed by atoms with Crippen molar-refractivity contribution in [2.75, 3.05) is 32.8 Å². The number of aliphatic imine (C=N–C) groups is 1. The van der Waals surface area contributed by atoms with Gasteiger partial charge in [-0.3, -0.25) is 0 Å². The van der Waals surface area contributed by atoms with Crippen molar-refractivity contribution in [1.82, 2.24) is 10.2 Å². The van der Waals surface area contributed by atoms with Gasteiger partial charge in [-0.25, -0.2) is 4.99 Å². The molecule has 0 aliphatic carbocycles. The quantitative estimate of drug-likeness (QED) is 0.525. The smallest absolute Gasteiger partial charge is 0.194 e. The zero-order valence-corrected chi connectivity index (χ0v) is 13.0. The topological polar surface area (TPSA) is 36.9 Å². The highest BCUT2D eigenvalue weighted by molar-refractivity contribution is 5.80. The maximum Gasteiger partial charge on any atom is 0.194 e. The van der Waals surface area contributed by atoms with Crippen LogP contribution < -0.4 is 5.32 Å². The second-order valence-corrected chi connectivity index (χ2v) is 5.15. The number of rotatable bonds is 4. The summed E-state index contributed by atoms with van der Waals surface area (Å²) in [7, 11) is 0. The van der Waals surface area contributed by atoms with Gasteiger partial charge in [0.1, 0.15) is 6.10 Å². The molecule has 0 radical (unpaired) electrons. The summed E-state index contributed by atoms with van der Waals surface area (Å²) in [4.78, 5) is 6.84. The molecule has 2 rings (SSSR count). The fourth-order valence-corrected chi connectivity index (χ4v) is 2.55. The monoisotopic (exact) mass is 287 g/mol. The van der Waals surface area contributed by atoms with Crippen LogP contribution in [-0.4, -0.2) is 43.6 Å². The minimum atomic E-state index is 0.104. The van der Waals surface area contributed by atoms with Crippen LogP contribution in [0.4, 0.5) is 0 Å². The first-order valence-electron chi connectivity index (χ1n) is 7.57. The molecule has 1 aromatic carbocycles.